The number of amides is 7. The number of rotatable bonds is 25. The van der Waals surface area contributed by atoms with E-state index in [0.29, 0.717) is 23.8 Å². The van der Waals surface area contributed by atoms with Crippen molar-refractivity contribution in [3.05, 3.63) is 0 Å². The first-order valence-electron chi connectivity index (χ1n) is 37.5. The minimum atomic E-state index is -1.68. The van der Waals surface area contributed by atoms with Gasteiger partial charge in [0.25, 0.3) is 0 Å². The number of esters is 1. The number of carbonyl (C=O) groups is 13. The molecular formula is C76H131N11O15S. The maximum Gasteiger partial charge on any atom is 0.306 e. The first-order valence-corrected chi connectivity index (χ1v) is 38.4. The highest BCUT2D eigenvalue weighted by atomic mass is 32.2. The smallest absolute Gasteiger partial charge is 0.306 e. The van der Waals surface area contributed by atoms with Crippen LogP contribution >= 0.6 is 11.8 Å². The van der Waals surface area contributed by atoms with Gasteiger partial charge in [-0.15, -0.1) is 5.10 Å². The Hall–Kier alpha value is -6.51. The molecule has 586 valence electrons. The quantitative estimate of drug-likeness (QED) is 0.0410. The van der Waals surface area contributed by atoms with Gasteiger partial charge in [-0.2, -0.15) is 0 Å². The fourth-order valence-corrected chi connectivity index (χ4v) is 14.8. The minimum Gasteiger partial charge on any atom is -0.469 e. The van der Waals surface area contributed by atoms with E-state index in [-0.39, 0.29) is 75.2 Å². The number of aromatic nitrogens is 4. The number of Topliss-reactive ketones (excluding diaryl/α,β-unsaturated/α-hetero) is 5. The van der Waals surface area contributed by atoms with Gasteiger partial charge in [0.2, 0.25) is 46.5 Å². The summed E-state index contributed by atoms with van der Waals surface area (Å²) in [7, 11) is 8.91. The van der Waals surface area contributed by atoms with Gasteiger partial charge >= 0.3 is 5.97 Å². The largest absolute Gasteiger partial charge is 0.469 e. The highest BCUT2D eigenvalue weighted by molar-refractivity contribution is 7.99. The van der Waals surface area contributed by atoms with E-state index in [1.807, 2.05) is 41.5 Å². The van der Waals surface area contributed by atoms with Crippen molar-refractivity contribution in [1.29, 1.82) is 0 Å². The lowest BCUT2D eigenvalue weighted by atomic mass is 9.70. The molecule has 0 radical (unpaired) electrons. The van der Waals surface area contributed by atoms with Gasteiger partial charge in [-0.3, -0.25) is 62.3 Å². The number of ether oxygens (including phenoxy) is 1. The zero-order valence-corrected chi connectivity index (χ0v) is 67.8. The molecule has 0 bridgehead atoms. The standard InChI is InChI=1S/C76H131N11O15S/c1-26-56-61(90)35-49(15)59(88)40-55(76(18,19)41-83(20)73(100)54(46(10)11)39-64(93)102-25)60(89)38-53(45(8)9)74(101)85(22)57(33-43(4)5)62(91)36-50(16)68(95)77-51(17)71(98)84(21)58(34-44(6)7)63(92)37-52(32-42(2)3)72(99)86(23)66(47(12)13)70(97)79-65(69(96)78-56)67(94)48(14)30-28-27-29-31-103-75-80-81-82-87(75)24/h42-58,65-67,94H,26-41H2,1-25H3,(H,77,95)(H,78,96)(H,79,97)/t48-,49+,50-,51-,52-,53+,54+,55-,56+,57+,58+,65+,66+,67-/m1/s1. The summed E-state index contributed by atoms with van der Waals surface area (Å²) in [5.41, 5.74) is -1.21. The molecule has 0 aliphatic carbocycles. The molecule has 7 amide bonds. The lowest BCUT2D eigenvalue weighted by molar-refractivity contribution is -0.149. The summed E-state index contributed by atoms with van der Waals surface area (Å²) in [5, 5.41) is 32.9. The number of aliphatic hydroxyl groups excluding tert-OH is 1. The molecule has 0 unspecified atom stereocenters. The van der Waals surface area contributed by atoms with Crippen LogP contribution in [0.1, 0.15) is 221 Å². The van der Waals surface area contributed by atoms with Gasteiger partial charge in [0.1, 0.15) is 29.7 Å². The van der Waals surface area contributed by atoms with Gasteiger partial charge < -0.3 is 45.4 Å². The number of hydrogen-bond donors (Lipinski definition) is 4. The zero-order valence-electron chi connectivity index (χ0n) is 67.0. The van der Waals surface area contributed by atoms with Crippen molar-refractivity contribution in [2.24, 2.45) is 89.4 Å². The van der Waals surface area contributed by atoms with Gasteiger partial charge in [-0.1, -0.05) is 149 Å². The van der Waals surface area contributed by atoms with Crippen LogP contribution in [-0.4, -0.2) is 211 Å². The third kappa shape index (κ3) is 28.4. The maximum absolute atomic E-state index is 15.4. The number of carbonyl (C=O) groups excluding carboxylic acids is 13. The Morgan fingerprint density at radius 3 is 1.69 bits per heavy atom. The van der Waals surface area contributed by atoms with Crippen LogP contribution in [-0.2, 0) is 74.1 Å². The second kappa shape index (κ2) is 43.2. The number of likely N-dealkylation sites (N-methyl/N-ethyl adjacent to an activating group) is 3. The number of aryl methyl sites for hydroxylation is 1. The molecule has 14 atom stereocenters. The fourth-order valence-electron chi connectivity index (χ4n) is 14.0. The Morgan fingerprint density at radius 2 is 1.18 bits per heavy atom. The third-order valence-electron chi connectivity index (χ3n) is 20.5. The van der Waals surface area contributed by atoms with Crippen LogP contribution < -0.4 is 16.0 Å². The molecule has 0 saturated carbocycles. The molecule has 2 heterocycles. The molecular weight excluding hydrogens is 1340 g/mol. The lowest BCUT2D eigenvalue weighted by Crippen LogP contribution is -2.61. The number of nitrogens with one attached hydrogen (secondary N) is 3. The number of unbranched alkanes of at least 4 members (excludes halogenated alkanes) is 2. The van der Waals surface area contributed by atoms with Gasteiger partial charge in [0.05, 0.1) is 43.7 Å². The van der Waals surface area contributed by atoms with Crippen LogP contribution in [0, 0.1) is 82.3 Å². The summed E-state index contributed by atoms with van der Waals surface area (Å²) in [4.78, 5) is 196. The second-order valence-electron chi connectivity index (χ2n) is 32.5. The van der Waals surface area contributed by atoms with Crippen molar-refractivity contribution >= 4 is 88.0 Å². The maximum atomic E-state index is 15.4. The van der Waals surface area contributed by atoms with E-state index in [4.69, 9.17) is 4.74 Å². The normalized spacial score (nSPS) is 25.3. The summed E-state index contributed by atoms with van der Waals surface area (Å²) >= 11 is 1.50. The molecule has 26 nitrogen and oxygen atoms in total. The van der Waals surface area contributed by atoms with Crippen LogP contribution in [0.3, 0.4) is 0 Å². The van der Waals surface area contributed by atoms with Crippen molar-refractivity contribution in [3.8, 4) is 0 Å². The van der Waals surface area contributed by atoms with Crippen LogP contribution in [0.4, 0.5) is 0 Å². The van der Waals surface area contributed by atoms with E-state index in [1.54, 1.807) is 88.0 Å². The molecule has 1 aliphatic rings. The molecule has 2 rings (SSSR count). The molecule has 1 saturated heterocycles. The first-order chi connectivity index (χ1) is 47.8. The van der Waals surface area contributed by atoms with E-state index in [2.05, 4.69) is 31.5 Å². The summed E-state index contributed by atoms with van der Waals surface area (Å²) < 4.78 is 6.50. The summed E-state index contributed by atoms with van der Waals surface area (Å²) in [6.45, 7) is 33.2. The second-order valence-corrected chi connectivity index (χ2v) is 33.5. The van der Waals surface area contributed by atoms with Gasteiger partial charge in [0, 0.05) is 109 Å². The predicted molar refractivity (Wildman–Crippen MR) is 396 cm³/mol. The molecule has 27 heteroatoms. The van der Waals surface area contributed by atoms with Gasteiger partial charge in [0.15, 0.2) is 17.3 Å². The van der Waals surface area contributed by atoms with Crippen molar-refractivity contribution in [3.63, 3.8) is 0 Å². The molecule has 1 fully saturated rings. The topological polar surface area (TPSA) is 344 Å². The Labute approximate surface area is 619 Å². The molecule has 4 N–H and O–H groups in total. The van der Waals surface area contributed by atoms with Crippen molar-refractivity contribution in [1.82, 2.24) is 55.8 Å². The highest BCUT2D eigenvalue weighted by Gasteiger charge is 2.46. The number of thioether (sulfide) groups is 1. The van der Waals surface area contributed by atoms with Crippen LogP contribution in [0.15, 0.2) is 5.16 Å². The summed E-state index contributed by atoms with van der Waals surface area (Å²) in [5.74, 6) is -15.2. The van der Waals surface area contributed by atoms with Crippen molar-refractivity contribution in [2.75, 3.05) is 47.6 Å². The third-order valence-corrected chi connectivity index (χ3v) is 21.6. The molecule has 0 aromatic carbocycles. The van der Waals surface area contributed by atoms with Crippen molar-refractivity contribution < 1.29 is 72.2 Å². The number of aliphatic hydroxyl groups is 1. The molecule has 1 aromatic rings. The lowest BCUT2D eigenvalue weighted by Gasteiger charge is -2.39. The van der Waals surface area contributed by atoms with E-state index >= 15 is 24.0 Å². The fraction of sp³-hybridized carbons (Fsp3) is 0.816. The number of ketones is 5. The van der Waals surface area contributed by atoms with Gasteiger partial charge in [-0.25, -0.2) is 4.68 Å². The molecule has 103 heavy (non-hydrogen) atoms. The zero-order chi connectivity index (χ0) is 79.0. The van der Waals surface area contributed by atoms with Crippen LogP contribution in [0.25, 0.3) is 0 Å². The number of tetrazole rings is 1. The minimum absolute atomic E-state index is 0.0155. The molecule has 1 aromatic heterocycles. The SMILES string of the molecule is CC[C@@H]1NC(=O)[C@H]([C@H](O)[C@H](C)CCCCCSc2nnnn2C)NC(=O)[C@H](C(C)C)N(C)C(=O)[C@H](CC(C)C)CC(=O)[C@H](CC(C)C)N(C)C(=O)[C@@H](C)NC(=O)[C@H](C)CC(=O)[C@H](CC(C)C)N(C)C(=O)[C@H](C(C)C)CC(=O)[C@H](C(C)(C)CN(C)C(=O)[C@@H](CC(=O)OC)C(C)C)CC(=O)[C@@H](C)CC1=O. The van der Waals surface area contributed by atoms with Crippen LogP contribution in [0.2, 0.25) is 0 Å². The van der Waals surface area contributed by atoms with Crippen LogP contribution in [0.5, 0.6) is 0 Å². The van der Waals surface area contributed by atoms with Gasteiger partial charge in [-0.05, 0) is 103 Å². The summed E-state index contributed by atoms with van der Waals surface area (Å²) in [6.07, 6.45) is -0.483. The number of hydrogen-bond acceptors (Lipinski definition) is 19. The highest BCUT2D eigenvalue weighted by Crippen LogP contribution is 2.37. The van der Waals surface area contributed by atoms with Crippen molar-refractivity contribution in [2.45, 2.75) is 269 Å². The first kappa shape index (κ1) is 92.6. The van der Waals surface area contributed by atoms with E-state index < -0.39 is 197 Å². The Kier molecular flexibility index (Phi) is 38.8. The number of nitrogens with zero attached hydrogens (tertiary/aromatic N) is 8. The molecule has 0 spiro atoms. The average Bonchev–Trinajstić information content (AvgIpc) is 1.19. The average molecular weight is 1470 g/mol. The monoisotopic (exact) mass is 1470 g/mol. The number of methoxy groups -OCH3 is 1. The Balaban J connectivity index is 3.00. The predicted octanol–water partition coefficient (Wildman–Crippen LogP) is 7.93. The van der Waals surface area contributed by atoms with E-state index in [1.165, 1.54) is 80.4 Å². The molecule has 1 aliphatic heterocycles. The Bertz CT molecular complexity index is 3020. The van der Waals surface area contributed by atoms with E-state index in [9.17, 15) is 43.5 Å². The Morgan fingerprint density at radius 1 is 0.631 bits per heavy atom. The van der Waals surface area contributed by atoms with E-state index in [0.717, 1.165) is 12.8 Å². The summed E-state index contributed by atoms with van der Waals surface area (Å²) in [6, 6.07) is -7.52.